The van der Waals surface area contributed by atoms with Crippen LogP contribution in [0.4, 0.5) is 5.13 Å². The molecule has 0 bridgehead atoms. The first-order chi connectivity index (χ1) is 9.74. The molecule has 1 aliphatic rings. The Morgan fingerprint density at radius 3 is 3.05 bits per heavy atom. The van der Waals surface area contributed by atoms with Crippen LogP contribution >= 0.6 is 22.7 Å². The van der Waals surface area contributed by atoms with Crippen molar-refractivity contribution in [3.8, 4) is 0 Å². The van der Waals surface area contributed by atoms with Gasteiger partial charge < -0.3 is 10.2 Å². The van der Waals surface area contributed by atoms with Gasteiger partial charge in [0.25, 0.3) is 0 Å². The summed E-state index contributed by atoms with van der Waals surface area (Å²) < 4.78 is 0. The van der Waals surface area contributed by atoms with Gasteiger partial charge in [0.15, 0.2) is 5.13 Å². The Morgan fingerprint density at radius 2 is 2.35 bits per heavy atom. The van der Waals surface area contributed by atoms with Crippen molar-refractivity contribution in [1.82, 2.24) is 9.88 Å². The molecule has 5 nitrogen and oxygen atoms in total. The number of thiazole rings is 1. The van der Waals surface area contributed by atoms with Gasteiger partial charge in [-0.2, -0.15) is 0 Å². The average molecular weight is 307 g/mol. The summed E-state index contributed by atoms with van der Waals surface area (Å²) in [6, 6.07) is 3.53. The number of hydrogen-bond acceptors (Lipinski definition) is 5. The van der Waals surface area contributed by atoms with Crippen molar-refractivity contribution < 1.29 is 9.59 Å². The van der Waals surface area contributed by atoms with Gasteiger partial charge in [-0.05, 0) is 17.9 Å². The molecule has 3 heterocycles. The van der Waals surface area contributed by atoms with E-state index in [1.165, 1.54) is 11.3 Å². The van der Waals surface area contributed by atoms with Gasteiger partial charge in [0.2, 0.25) is 11.8 Å². The van der Waals surface area contributed by atoms with E-state index in [-0.39, 0.29) is 11.8 Å². The molecule has 3 rings (SSSR count). The van der Waals surface area contributed by atoms with Crippen LogP contribution in [-0.4, -0.2) is 27.7 Å². The van der Waals surface area contributed by atoms with E-state index in [1.54, 1.807) is 27.8 Å². The Kier molecular flexibility index (Phi) is 3.79. The van der Waals surface area contributed by atoms with Crippen molar-refractivity contribution in [3.63, 3.8) is 0 Å². The second-order valence-corrected chi connectivity index (χ2v) is 6.41. The van der Waals surface area contributed by atoms with Gasteiger partial charge in [0.05, 0.1) is 6.54 Å². The SMILES string of the molecule is O=C(Nc1nccs1)[C@@H]1CCC(=O)N1Cc1cccs1. The highest BCUT2D eigenvalue weighted by Gasteiger charge is 2.36. The Labute approximate surface area is 124 Å². The van der Waals surface area contributed by atoms with Crippen molar-refractivity contribution in [1.29, 1.82) is 0 Å². The summed E-state index contributed by atoms with van der Waals surface area (Å²) in [5.41, 5.74) is 0. The minimum absolute atomic E-state index is 0.0395. The average Bonchev–Trinajstić information content (AvgIpc) is 3.14. The van der Waals surface area contributed by atoms with E-state index in [0.29, 0.717) is 24.5 Å². The van der Waals surface area contributed by atoms with E-state index in [0.717, 1.165) is 4.88 Å². The van der Waals surface area contributed by atoms with Gasteiger partial charge in [-0.25, -0.2) is 4.98 Å². The predicted octanol–water partition coefficient (Wildman–Crippen LogP) is 2.33. The lowest BCUT2D eigenvalue weighted by atomic mass is 10.2. The topological polar surface area (TPSA) is 62.3 Å². The van der Waals surface area contributed by atoms with Crippen LogP contribution in [0.2, 0.25) is 0 Å². The minimum Gasteiger partial charge on any atom is -0.325 e. The first-order valence-electron chi connectivity index (χ1n) is 6.26. The molecule has 1 aliphatic heterocycles. The summed E-state index contributed by atoms with van der Waals surface area (Å²) in [4.78, 5) is 31.0. The highest BCUT2D eigenvalue weighted by Crippen LogP contribution is 2.24. The number of hydrogen-bond donors (Lipinski definition) is 1. The normalized spacial score (nSPS) is 18.5. The fraction of sp³-hybridized carbons (Fsp3) is 0.308. The highest BCUT2D eigenvalue weighted by molar-refractivity contribution is 7.13. The van der Waals surface area contributed by atoms with E-state index in [9.17, 15) is 9.59 Å². The highest BCUT2D eigenvalue weighted by atomic mass is 32.1. The molecule has 0 radical (unpaired) electrons. The monoisotopic (exact) mass is 307 g/mol. The lowest BCUT2D eigenvalue weighted by Crippen LogP contribution is -2.40. The van der Waals surface area contributed by atoms with Crippen LogP contribution in [0.25, 0.3) is 0 Å². The van der Waals surface area contributed by atoms with Crippen molar-refractivity contribution in [2.75, 3.05) is 5.32 Å². The third kappa shape index (κ3) is 2.73. The minimum atomic E-state index is -0.395. The molecule has 1 saturated heterocycles. The number of anilines is 1. The Morgan fingerprint density at radius 1 is 1.45 bits per heavy atom. The Hall–Kier alpha value is -1.73. The Bertz CT molecular complexity index is 595. The van der Waals surface area contributed by atoms with Gasteiger partial charge in [-0.3, -0.25) is 9.59 Å². The first kappa shape index (κ1) is 13.3. The second-order valence-electron chi connectivity index (χ2n) is 4.48. The number of nitrogens with one attached hydrogen (secondary N) is 1. The molecule has 1 fully saturated rings. The van der Waals surface area contributed by atoms with Gasteiger partial charge >= 0.3 is 0 Å². The van der Waals surface area contributed by atoms with Crippen molar-refractivity contribution >= 4 is 39.6 Å². The van der Waals surface area contributed by atoms with Gasteiger partial charge in [0, 0.05) is 22.9 Å². The molecule has 2 amide bonds. The van der Waals surface area contributed by atoms with Gasteiger partial charge in [-0.1, -0.05) is 6.07 Å². The quantitative estimate of drug-likeness (QED) is 0.943. The fourth-order valence-electron chi connectivity index (χ4n) is 2.25. The zero-order valence-corrected chi connectivity index (χ0v) is 12.2. The summed E-state index contributed by atoms with van der Waals surface area (Å²) in [5.74, 6) is -0.111. The molecule has 0 aliphatic carbocycles. The summed E-state index contributed by atoms with van der Waals surface area (Å²) >= 11 is 2.97. The number of amides is 2. The number of carbonyl (C=O) groups is 2. The van der Waals surface area contributed by atoms with E-state index in [4.69, 9.17) is 0 Å². The van der Waals surface area contributed by atoms with Crippen LogP contribution < -0.4 is 5.32 Å². The lowest BCUT2D eigenvalue weighted by molar-refractivity contribution is -0.133. The maximum Gasteiger partial charge on any atom is 0.248 e. The molecule has 20 heavy (non-hydrogen) atoms. The van der Waals surface area contributed by atoms with Gasteiger partial charge in [0.1, 0.15) is 6.04 Å². The molecule has 104 valence electrons. The second kappa shape index (κ2) is 5.72. The maximum atomic E-state index is 12.3. The largest absolute Gasteiger partial charge is 0.325 e. The van der Waals surface area contributed by atoms with E-state index >= 15 is 0 Å². The zero-order chi connectivity index (χ0) is 13.9. The standard InChI is InChI=1S/C13H13N3O2S2/c17-11-4-3-10(12(18)15-13-14-5-7-20-13)16(11)8-9-2-1-6-19-9/h1-2,5-7,10H,3-4,8H2,(H,14,15,18)/t10-/m0/s1. The molecular weight excluding hydrogens is 294 g/mol. The summed E-state index contributed by atoms with van der Waals surface area (Å²) in [6.45, 7) is 0.506. The van der Waals surface area contributed by atoms with Crippen LogP contribution in [0.5, 0.6) is 0 Å². The third-order valence-electron chi connectivity index (χ3n) is 3.20. The zero-order valence-electron chi connectivity index (χ0n) is 10.6. The van der Waals surface area contributed by atoms with Gasteiger partial charge in [-0.15, -0.1) is 22.7 Å². The molecule has 0 spiro atoms. The number of aromatic nitrogens is 1. The van der Waals surface area contributed by atoms with E-state index < -0.39 is 6.04 Å². The van der Waals surface area contributed by atoms with Crippen LogP contribution in [0, 0.1) is 0 Å². The van der Waals surface area contributed by atoms with E-state index in [1.807, 2.05) is 17.5 Å². The molecule has 7 heteroatoms. The maximum absolute atomic E-state index is 12.3. The lowest BCUT2D eigenvalue weighted by Gasteiger charge is -2.23. The van der Waals surface area contributed by atoms with Crippen LogP contribution in [0.1, 0.15) is 17.7 Å². The molecule has 0 aromatic carbocycles. The molecule has 2 aromatic rings. The van der Waals surface area contributed by atoms with Crippen LogP contribution in [0.3, 0.4) is 0 Å². The smallest absolute Gasteiger partial charge is 0.248 e. The van der Waals surface area contributed by atoms with Crippen molar-refractivity contribution in [2.45, 2.75) is 25.4 Å². The number of thiophene rings is 1. The fourth-order valence-corrected chi connectivity index (χ4v) is 3.48. The number of nitrogens with zero attached hydrogens (tertiary/aromatic N) is 2. The van der Waals surface area contributed by atoms with Crippen molar-refractivity contribution in [3.05, 3.63) is 34.0 Å². The summed E-state index contributed by atoms with van der Waals surface area (Å²) in [6.07, 6.45) is 2.65. The third-order valence-corrected chi connectivity index (χ3v) is 4.75. The number of rotatable bonds is 4. The molecule has 1 N–H and O–H groups in total. The van der Waals surface area contributed by atoms with Crippen LogP contribution in [-0.2, 0) is 16.1 Å². The van der Waals surface area contributed by atoms with Crippen molar-refractivity contribution in [2.24, 2.45) is 0 Å². The molecule has 0 saturated carbocycles. The Balaban J connectivity index is 1.70. The van der Waals surface area contributed by atoms with E-state index in [2.05, 4.69) is 10.3 Å². The van der Waals surface area contributed by atoms with Crippen LogP contribution in [0.15, 0.2) is 29.1 Å². The summed E-state index contributed by atoms with van der Waals surface area (Å²) in [5, 5.41) is 7.12. The predicted molar refractivity (Wildman–Crippen MR) is 78.6 cm³/mol. The number of carbonyl (C=O) groups excluding carboxylic acids is 2. The molecule has 1 atom stereocenters. The first-order valence-corrected chi connectivity index (χ1v) is 8.02. The summed E-state index contributed by atoms with van der Waals surface area (Å²) in [7, 11) is 0. The molecule has 2 aromatic heterocycles. The molecule has 0 unspecified atom stereocenters. The molecular formula is C13H13N3O2S2. The number of likely N-dealkylation sites (tertiary alicyclic amines) is 1.